The molecule has 2 heterocycles. The molecular formula is C17H21ClN6OS. The van der Waals surface area contributed by atoms with E-state index < -0.39 is 0 Å². The average molecular weight is 393 g/mol. The van der Waals surface area contributed by atoms with Crippen LogP contribution in [0.3, 0.4) is 0 Å². The fourth-order valence-electron chi connectivity index (χ4n) is 3.05. The summed E-state index contributed by atoms with van der Waals surface area (Å²) < 4.78 is 1.85. The van der Waals surface area contributed by atoms with Crippen molar-refractivity contribution in [1.82, 2.24) is 30.0 Å². The van der Waals surface area contributed by atoms with Gasteiger partial charge in [-0.25, -0.2) is 4.68 Å². The summed E-state index contributed by atoms with van der Waals surface area (Å²) in [5.74, 6) is 0.552. The largest absolute Gasteiger partial charge is 0.339 e. The van der Waals surface area contributed by atoms with Gasteiger partial charge in [-0.15, -0.1) is 5.10 Å². The zero-order valence-electron chi connectivity index (χ0n) is 14.4. The van der Waals surface area contributed by atoms with Crippen molar-refractivity contribution in [2.24, 2.45) is 0 Å². The van der Waals surface area contributed by atoms with Gasteiger partial charge in [-0.1, -0.05) is 35.5 Å². The Morgan fingerprint density at radius 3 is 2.58 bits per heavy atom. The summed E-state index contributed by atoms with van der Waals surface area (Å²) in [4.78, 5) is 16.8. The highest BCUT2D eigenvalue weighted by Crippen LogP contribution is 2.36. The van der Waals surface area contributed by atoms with Crippen molar-refractivity contribution in [3.63, 3.8) is 0 Å². The number of rotatable bonds is 6. The monoisotopic (exact) mass is 392 g/mol. The van der Waals surface area contributed by atoms with Crippen molar-refractivity contribution in [1.29, 1.82) is 0 Å². The first-order chi connectivity index (χ1) is 12.7. The number of hydrogen-bond donors (Lipinski definition) is 0. The summed E-state index contributed by atoms with van der Waals surface area (Å²) in [6.45, 7) is 4.20. The topological polar surface area (TPSA) is 67.2 Å². The lowest BCUT2D eigenvalue weighted by Crippen LogP contribution is -2.48. The van der Waals surface area contributed by atoms with Gasteiger partial charge in [-0.3, -0.25) is 9.69 Å². The highest BCUT2D eigenvalue weighted by molar-refractivity contribution is 7.99. The first-order valence-electron chi connectivity index (χ1n) is 8.84. The van der Waals surface area contributed by atoms with Gasteiger partial charge in [0.2, 0.25) is 11.1 Å². The molecule has 0 unspecified atom stereocenters. The number of tetrazole rings is 1. The van der Waals surface area contributed by atoms with Crippen LogP contribution in [0.25, 0.3) is 0 Å². The van der Waals surface area contributed by atoms with E-state index in [-0.39, 0.29) is 5.91 Å². The van der Waals surface area contributed by atoms with E-state index >= 15 is 0 Å². The van der Waals surface area contributed by atoms with Gasteiger partial charge < -0.3 is 4.90 Å². The Hall–Kier alpha value is -1.64. The molecule has 26 heavy (non-hydrogen) atoms. The van der Waals surface area contributed by atoms with E-state index in [0.717, 1.165) is 55.7 Å². The number of aromatic nitrogens is 4. The van der Waals surface area contributed by atoms with Crippen LogP contribution in [0.5, 0.6) is 0 Å². The predicted molar refractivity (Wildman–Crippen MR) is 100 cm³/mol. The first kappa shape index (κ1) is 17.8. The van der Waals surface area contributed by atoms with Crippen LogP contribution in [-0.4, -0.2) is 67.8 Å². The first-order valence-corrected chi connectivity index (χ1v) is 10.2. The van der Waals surface area contributed by atoms with Crippen LogP contribution in [0, 0.1) is 0 Å². The molecule has 0 N–H and O–H groups in total. The van der Waals surface area contributed by atoms with E-state index in [4.69, 9.17) is 11.6 Å². The normalized spacial score (nSPS) is 18.3. The molecule has 1 aromatic heterocycles. The van der Waals surface area contributed by atoms with Crippen molar-refractivity contribution < 1.29 is 4.79 Å². The van der Waals surface area contributed by atoms with Gasteiger partial charge in [0, 0.05) is 37.7 Å². The quantitative estimate of drug-likeness (QED) is 0.701. The molecule has 2 aromatic rings. The molecule has 1 aliphatic heterocycles. The van der Waals surface area contributed by atoms with E-state index in [9.17, 15) is 4.79 Å². The SMILES string of the molecule is O=C(CSc1nnnn1C1CC1)N1CCN(Cc2ccc(Cl)cc2)CC1. The number of amides is 1. The number of thioether (sulfide) groups is 1. The van der Waals surface area contributed by atoms with Gasteiger partial charge in [0.05, 0.1) is 11.8 Å². The van der Waals surface area contributed by atoms with Gasteiger partial charge in [-0.2, -0.15) is 0 Å². The second-order valence-corrected chi connectivity index (χ2v) is 8.09. The van der Waals surface area contributed by atoms with E-state index in [0.29, 0.717) is 11.8 Å². The Morgan fingerprint density at radius 1 is 1.15 bits per heavy atom. The molecular weight excluding hydrogens is 372 g/mol. The Labute approximate surface area is 161 Å². The average Bonchev–Trinajstić information content (AvgIpc) is 3.40. The minimum absolute atomic E-state index is 0.159. The summed E-state index contributed by atoms with van der Waals surface area (Å²) in [5, 5.41) is 13.3. The lowest BCUT2D eigenvalue weighted by atomic mass is 10.2. The molecule has 0 radical (unpaired) electrons. The number of halogens is 1. The number of benzene rings is 1. The zero-order valence-corrected chi connectivity index (χ0v) is 16.0. The highest BCUT2D eigenvalue weighted by atomic mass is 35.5. The Balaban J connectivity index is 1.23. The van der Waals surface area contributed by atoms with Crippen molar-refractivity contribution in [3.05, 3.63) is 34.9 Å². The molecule has 9 heteroatoms. The van der Waals surface area contributed by atoms with E-state index in [1.54, 1.807) is 0 Å². The number of carbonyl (C=O) groups is 1. The molecule has 138 valence electrons. The van der Waals surface area contributed by atoms with Crippen molar-refractivity contribution in [3.8, 4) is 0 Å². The third-order valence-corrected chi connectivity index (χ3v) is 5.89. The van der Waals surface area contributed by atoms with Crippen LogP contribution in [0.2, 0.25) is 5.02 Å². The molecule has 1 aliphatic carbocycles. The minimum Gasteiger partial charge on any atom is -0.339 e. The van der Waals surface area contributed by atoms with E-state index in [1.807, 2.05) is 21.7 Å². The van der Waals surface area contributed by atoms with Crippen LogP contribution in [0.1, 0.15) is 24.4 Å². The fraction of sp³-hybridized carbons (Fsp3) is 0.529. The Kier molecular flexibility index (Phi) is 5.42. The standard InChI is InChI=1S/C17H21ClN6OS/c18-14-3-1-13(2-4-14)11-22-7-9-23(10-8-22)16(25)12-26-17-19-20-21-24(17)15-5-6-15/h1-4,15H,5-12H2. The summed E-state index contributed by atoms with van der Waals surface area (Å²) in [6.07, 6.45) is 2.25. The minimum atomic E-state index is 0.159. The second-order valence-electron chi connectivity index (χ2n) is 6.71. The van der Waals surface area contributed by atoms with Gasteiger partial charge >= 0.3 is 0 Å². The molecule has 2 aliphatic rings. The van der Waals surface area contributed by atoms with Crippen LogP contribution in [0.4, 0.5) is 0 Å². The van der Waals surface area contributed by atoms with Gasteiger partial charge in [-0.05, 0) is 41.0 Å². The van der Waals surface area contributed by atoms with Crippen molar-refractivity contribution in [2.45, 2.75) is 30.6 Å². The molecule has 0 spiro atoms. The maximum absolute atomic E-state index is 12.5. The number of piperazine rings is 1. The number of nitrogens with zero attached hydrogens (tertiary/aromatic N) is 6. The summed E-state index contributed by atoms with van der Waals surface area (Å²) in [6, 6.07) is 8.38. The molecule has 0 bridgehead atoms. The molecule has 4 rings (SSSR count). The summed E-state index contributed by atoms with van der Waals surface area (Å²) in [5.41, 5.74) is 1.25. The lowest BCUT2D eigenvalue weighted by Gasteiger charge is -2.34. The van der Waals surface area contributed by atoms with Gasteiger partial charge in [0.25, 0.3) is 0 Å². The third-order valence-electron chi connectivity index (χ3n) is 4.72. The summed E-state index contributed by atoms with van der Waals surface area (Å²) >= 11 is 7.37. The van der Waals surface area contributed by atoms with Crippen LogP contribution in [0.15, 0.2) is 29.4 Å². The van der Waals surface area contributed by atoms with Crippen molar-refractivity contribution >= 4 is 29.3 Å². The van der Waals surface area contributed by atoms with Crippen LogP contribution < -0.4 is 0 Å². The highest BCUT2D eigenvalue weighted by Gasteiger charge is 2.28. The van der Waals surface area contributed by atoms with Crippen LogP contribution in [-0.2, 0) is 11.3 Å². The Bertz CT molecular complexity index is 755. The number of carbonyl (C=O) groups excluding carboxylic acids is 1. The van der Waals surface area contributed by atoms with Crippen molar-refractivity contribution in [2.75, 3.05) is 31.9 Å². The molecule has 7 nitrogen and oxygen atoms in total. The lowest BCUT2D eigenvalue weighted by molar-refractivity contribution is -0.130. The molecule has 0 atom stereocenters. The predicted octanol–water partition coefficient (Wildman–Crippen LogP) is 2.10. The smallest absolute Gasteiger partial charge is 0.233 e. The van der Waals surface area contributed by atoms with Gasteiger partial charge in [0.15, 0.2) is 0 Å². The Morgan fingerprint density at radius 2 is 1.88 bits per heavy atom. The summed E-state index contributed by atoms with van der Waals surface area (Å²) in [7, 11) is 0. The fourth-order valence-corrected chi connectivity index (χ4v) is 4.02. The molecule has 1 saturated carbocycles. The molecule has 1 amide bonds. The zero-order chi connectivity index (χ0) is 17.9. The second kappa shape index (κ2) is 7.94. The molecule has 1 saturated heterocycles. The maximum atomic E-state index is 12.5. The maximum Gasteiger partial charge on any atom is 0.233 e. The third kappa shape index (κ3) is 4.36. The van der Waals surface area contributed by atoms with E-state index in [2.05, 4.69) is 32.6 Å². The van der Waals surface area contributed by atoms with Crippen LogP contribution >= 0.6 is 23.4 Å². The number of hydrogen-bond acceptors (Lipinski definition) is 6. The van der Waals surface area contributed by atoms with Gasteiger partial charge in [0.1, 0.15) is 0 Å². The van der Waals surface area contributed by atoms with E-state index in [1.165, 1.54) is 17.3 Å². The molecule has 2 fully saturated rings. The molecule has 1 aromatic carbocycles.